The van der Waals surface area contributed by atoms with Gasteiger partial charge in [0.05, 0.1) is 19.1 Å². The molecule has 7 heteroatoms. The van der Waals surface area contributed by atoms with Crippen LogP contribution in [0.3, 0.4) is 0 Å². The Hall–Kier alpha value is -1.73. The van der Waals surface area contributed by atoms with Crippen LogP contribution in [0.1, 0.15) is 11.8 Å². The quantitative estimate of drug-likeness (QED) is 0.835. The van der Waals surface area contributed by atoms with Gasteiger partial charge in [0.1, 0.15) is 0 Å². The number of aromatic nitrogens is 4. The maximum Gasteiger partial charge on any atom is 0.238 e. The van der Waals surface area contributed by atoms with Crippen molar-refractivity contribution in [2.45, 2.75) is 12.0 Å². The van der Waals surface area contributed by atoms with Gasteiger partial charge in [-0.2, -0.15) is 4.98 Å². The summed E-state index contributed by atoms with van der Waals surface area (Å²) in [4.78, 5) is 8.61. The number of hydrogen-bond donors (Lipinski definition) is 1. The number of rotatable bonds is 3. The molecule has 2 aromatic heterocycles. The summed E-state index contributed by atoms with van der Waals surface area (Å²) in [5, 5.41) is 7.17. The first-order valence-corrected chi connectivity index (χ1v) is 5.86. The van der Waals surface area contributed by atoms with Crippen molar-refractivity contribution in [2.24, 2.45) is 7.05 Å². The zero-order valence-electron chi connectivity index (χ0n) is 10.3. The molecule has 2 atom stereocenters. The average Bonchev–Trinajstić information content (AvgIpc) is 3.06. The van der Waals surface area contributed by atoms with Crippen molar-refractivity contribution in [2.75, 3.05) is 20.3 Å². The summed E-state index contributed by atoms with van der Waals surface area (Å²) in [6.07, 6.45) is 3.56. The topological polar surface area (TPSA) is 78.0 Å². The third-order valence-corrected chi connectivity index (χ3v) is 3.23. The molecule has 1 saturated heterocycles. The predicted octanol–water partition coefficient (Wildman–Crippen LogP) is 0.172. The van der Waals surface area contributed by atoms with Gasteiger partial charge < -0.3 is 19.1 Å². The lowest BCUT2D eigenvalue weighted by atomic mass is 10.0. The SMILES string of the molecule is CNC1COCC1c1nc(-c2nccn2C)no1. The van der Waals surface area contributed by atoms with Gasteiger partial charge in [0.15, 0.2) is 5.82 Å². The monoisotopic (exact) mass is 249 g/mol. The van der Waals surface area contributed by atoms with E-state index in [0.29, 0.717) is 30.8 Å². The Kier molecular flexibility index (Phi) is 2.85. The molecule has 0 aromatic carbocycles. The van der Waals surface area contributed by atoms with Crippen LogP contribution in [0.4, 0.5) is 0 Å². The number of nitrogens with one attached hydrogen (secondary N) is 1. The summed E-state index contributed by atoms with van der Waals surface area (Å²) in [6, 6.07) is 0.222. The van der Waals surface area contributed by atoms with Gasteiger partial charge >= 0.3 is 0 Å². The summed E-state index contributed by atoms with van der Waals surface area (Å²) in [6.45, 7) is 1.27. The molecule has 7 nitrogen and oxygen atoms in total. The molecule has 1 N–H and O–H groups in total. The van der Waals surface area contributed by atoms with E-state index in [0.717, 1.165) is 0 Å². The normalized spacial score (nSPS) is 23.7. The Morgan fingerprint density at radius 2 is 2.33 bits per heavy atom. The van der Waals surface area contributed by atoms with E-state index in [-0.39, 0.29) is 12.0 Å². The van der Waals surface area contributed by atoms with Gasteiger partial charge in [0.25, 0.3) is 0 Å². The first kappa shape index (κ1) is 11.4. The third kappa shape index (κ3) is 1.81. The Morgan fingerprint density at radius 3 is 3.06 bits per heavy atom. The van der Waals surface area contributed by atoms with E-state index in [9.17, 15) is 0 Å². The number of hydrogen-bond acceptors (Lipinski definition) is 6. The Balaban J connectivity index is 1.88. The standard InChI is InChI=1S/C11H15N5O2/c1-12-8-6-17-5-7(8)11-14-9(15-18-11)10-13-3-4-16(10)2/h3-4,7-8,12H,5-6H2,1-2H3. The molecule has 1 fully saturated rings. The fourth-order valence-corrected chi connectivity index (χ4v) is 2.14. The molecule has 0 aliphatic carbocycles. The maximum atomic E-state index is 5.43. The minimum Gasteiger partial charge on any atom is -0.379 e. The van der Waals surface area contributed by atoms with Crippen molar-refractivity contribution in [1.82, 2.24) is 25.0 Å². The third-order valence-electron chi connectivity index (χ3n) is 3.23. The van der Waals surface area contributed by atoms with E-state index in [1.807, 2.05) is 24.9 Å². The lowest BCUT2D eigenvalue weighted by molar-refractivity contribution is 0.185. The maximum absolute atomic E-state index is 5.43. The average molecular weight is 249 g/mol. The fourth-order valence-electron chi connectivity index (χ4n) is 2.14. The van der Waals surface area contributed by atoms with Crippen LogP contribution in [0.15, 0.2) is 16.9 Å². The van der Waals surface area contributed by atoms with E-state index < -0.39 is 0 Å². The number of nitrogens with zero attached hydrogens (tertiary/aromatic N) is 4. The Morgan fingerprint density at radius 1 is 1.44 bits per heavy atom. The van der Waals surface area contributed by atoms with Crippen LogP contribution in [0, 0.1) is 0 Å². The van der Waals surface area contributed by atoms with Gasteiger partial charge in [-0.25, -0.2) is 4.98 Å². The lowest BCUT2D eigenvalue weighted by Crippen LogP contribution is -2.31. The zero-order valence-corrected chi connectivity index (χ0v) is 10.3. The number of aryl methyl sites for hydroxylation is 1. The minimum atomic E-state index is 0.108. The van der Waals surface area contributed by atoms with Crippen LogP contribution >= 0.6 is 0 Å². The van der Waals surface area contributed by atoms with Gasteiger partial charge in [0, 0.05) is 25.5 Å². The number of ether oxygens (including phenoxy) is 1. The highest BCUT2D eigenvalue weighted by Gasteiger charge is 2.33. The largest absolute Gasteiger partial charge is 0.379 e. The fraction of sp³-hybridized carbons (Fsp3) is 0.545. The number of likely N-dealkylation sites (N-methyl/N-ethyl adjacent to an activating group) is 1. The summed E-state index contributed by atoms with van der Waals surface area (Å²) in [7, 11) is 3.80. The first-order chi connectivity index (χ1) is 8.79. The minimum absolute atomic E-state index is 0.108. The molecule has 0 amide bonds. The highest BCUT2D eigenvalue weighted by molar-refractivity contribution is 5.42. The molecule has 0 spiro atoms. The number of imidazole rings is 1. The molecule has 3 heterocycles. The zero-order chi connectivity index (χ0) is 12.5. The Labute approximate surface area is 104 Å². The van der Waals surface area contributed by atoms with Gasteiger partial charge in [-0.3, -0.25) is 0 Å². The summed E-state index contributed by atoms with van der Waals surface area (Å²) in [5.74, 6) is 1.92. The molecular weight excluding hydrogens is 234 g/mol. The molecule has 18 heavy (non-hydrogen) atoms. The van der Waals surface area contributed by atoms with Crippen molar-refractivity contribution in [3.63, 3.8) is 0 Å². The predicted molar refractivity (Wildman–Crippen MR) is 62.9 cm³/mol. The van der Waals surface area contributed by atoms with E-state index in [1.54, 1.807) is 6.20 Å². The molecule has 2 unspecified atom stereocenters. The van der Waals surface area contributed by atoms with Gasteiger partial charge in [-0.1, -0.05) is 5.16 Å². The van der Waals surface area contributed by atoms with Crippen molar-refractivity contribution in [3.05, 3.63) is 18.3 Å². The second kappa shape index (κ2) is 4.51. The van der Waals surface area contributed by atoms with Crippen molar-refractivity contribution >= 4 is 0 Å². The van der Waals surface area contributed by atoms with Crippen LogP contribution in [0.2, 0.25) is 0 Å². The molecular formula is C11H15N5O2. The molecule has 3 rings (SSSR count). The second-order valence-electron chi connectivity index (χ2n) is 4.36. The molecule has 1 aliphatic heterocycles. The Bertz CT molecular complexity index is 535. The highest BCUT2D eigenvalue weighted by atomic mass is 16.5. The molecule has 0 bridgehead atoms. The van der Waals surface area contributed by atoms with Crippen LogP contribution in [0.25, 0.3) is 11.6 Å². The van der Waals surface area contributed by atoms with Gasteiger partial charge in [-0.15, -0.1) is 0 Å². The van der Waals surface area contributed by atoms with E-state index in [4.69, 9.17) is 9.26 Å². The summed E-state index contributed by atoms with van der Waals surface area (Å²) >= 11 is 0. The van der Waals surface area contributed by atoms with Gasteiger partial charge in [0.2, 0.25) is 11.7 Å². The van der Waals surface area contributed by atoms with E-state index >= 15 is 0 Å². The van der Waals surface area contributed by atoms with Gasteiger partial charge in [-0.05, 0) is 7.05 Å². The van der Waals surface area contributed by atoms with Crippen LogP contribution < -0.4 is 5.32 Å². The smallest absolute Gasteiger partial charge is 0.238 e. The lowest BCUT2D eigenvalue weighted by Gasteiger charge is -2.11. The second-order valence-corrected chi connectivity index (χ2v) is 4.36. The molecule has 96 valence electrons. The van der Waals surface area contributed by atoms with Crippen LogP contribution in [-0.4, -0.2) is 46.0 Å². The molecule has 1 aliphatic rings. The first-order valence-electron chi connectivity index (χ1n) is 5.86. The highest BCUT2D eigenvalue weighted by Crippen LogP contribution is 2.25. The van der Waals surface area contributed by atoms with Crippen LogP contribution in [-0.2, 0) is 11.8 Å². The van der Waals surface area contributed by atoms with Crippen molar-refractivity contribution in [3.8, 4) is 11.6 Å². The van der Waals surface area contributed by atoms with Crippen LogP contribution in [0.5, 0.6) is 0 Å². The van der Waals surface area contributed by atoms with E-state index in [2.05, 4.69) is 20.4 Å². The molecule has 0 saturated carbocycles. The molecule has 2 aromatic rings. The summed E-state index contributed by atoms with van der Waals surface area (Å²) in [5.41, 5.74) is 0. The van der Waals surface area contributed by atoms with Crippen molar-refractivity contribution in [1.29, 1.82) is 0 Å². The summed E-state index contributed by atoms with van der Waals surface area (Å²) < 4.78 is 12.6. The van der Waals surface area contributed by atoms with E-state index in [1.165, 1.54) is 0 Å². The van der Waals surface area contributed by atoms with Crippen molar-refractivity contribution < 1.29 is 9.26 Å². The molecule has 0 radical (unpaired) electrons.